The average molecular weight is 307 g/mol. The highest BCUT2D eigenvalue weighted by Crippen LogP contribution is 2.26. The Morgan fingerprint density at radius 2 is 2.11 bits per heavy atom. The maximum atomic E-state index is 10.8. The number of halogens is 1. The molecule has 2 rings (SSSR count). The minimum Gasteiger partial charge on any atom is -0.478 e. The van der Waals surface area contributed by atoms with Gasteiger partial charge in [-0.25, -0.2) is 9.78 Å². The number of para-hydroxylation sites is 1. The molecule has 0 fully saturated rings. The summed E-state index contributed by atoms with van der Waals surface area (Å²) in [6.45, 7) is 1.99. The second kappa shape index (κ2) is 5.18. The van der Waals surface area contributed by atoms with E-state index in [0.29, 0.717) is 10.3 Å². The van der Waals surface area contributed by atoms with Gasteiger partial charge in [-0.15, -0.1) is 0 Å². The Labute approximate surface area is 113 Å². The van der Waals surface area contributed by atoms with Crippen molar-refractivity contribution in [1.82, 2.24) is 4.98 Å². The van der Waals surface area contributed by atoms with Gasteiger partial charge in [-0.3, -0.25) is 0 Å². The van der Waals surface area contributed by atoms with Crippen molar-refractivity contribution in [1.29, 1.82) is 0 Å². The van der Waals surface area contributed by atoms with Gasteiger partial charge in [0.25, 0.3) is 0 Å². The summed E-state index contributed by atoms with van der Waals surface area (Å²) in [5, 5.41) is 12.0. The molecule has 0 amide bonds. The third-order valence-corrected chi connectivity index (χ3v) is 3.09. The summed E-state index contributed by atoms with van der Waals surface area (Å²) in [4.78, 5) is 14.9. The molecule has 0 atom stereocenters. The van der Waals surface area contributed by atoms with Crippen LogP contribution in [-0.4, -0.2) is 16.1 Å². The zero-order chi connectivity index (χ0) is 13.1. The largest absolute Gasteiger partial charge is 0.478 e. The molecule has 0 bridgehead atoms. The Balaban J connectivity index is 2.30. The molecule has 0 aliphatic rings. The number of benzene rings is 1. The highest BCUT2D eigenvalue weighted by Gasteiger charge is 2.08. The lowest BCUT2D eigenvalue weighted by atomic mass is 10.2. The molecule has 0 saturated heterocycles. The van der Waals surface area contributed by atoms with Crippen LogP contribution in [0.15, 0.2) is 41.0 Å². The summed E-state index contributed by atoms with van der Waals surface area (Å²) in [6.07, 6.45) is 1.33. The van der Waals surface area contributed by atoms with Crippen molar-refractivity contribution in [2.45, 2.75) is 6.92 Å². The SMILES string of the molecule is Cc1ccccc1Nc1ncc(C(=O)O)cc1Br. The zero-order valence-corrected chi connectivity index (χ0v) is 11.2. The van der Waals surface area contributed by atoms with Gasteiger partial charge in [0.15, 0.2) is 0 Å². The van der Waals surface area contributed by atoms with Crippen LogP contribution in [-0.2, 0) is 0 Å². The minimum absolute atomic E-state index is 0.150. The van der Waals surface area contributed by atoms with E-state index in [-0.39, 0.29) is 5.56 Å². The Morgan fingerprint density at radius 1 is 1.39 bits per heavy atom. The maximum absolute atomic E-state index is 10.8. The number of aromatic carboxylic acids is 1. The molecule has 0 unspecified atom stereocenters. The number of carboxylic acid groups (broad SMARTS) is 1. The van der Waals surface area contributed by atoms with Gasteiger partial charge in [-0.05, 0) is 40.5 Å². The first-order valence-corrected chi connectivity index (χ1v) is 6.08. The topological polar surface area (TPSA) is 62.2 Å². The first-order valence-electron chi connectivity index (χ1n) is 5.29. The zero-order valence-electron chi connectivity index (χ0n) is 9.64. The van der Waals surface area contributed by atoms with Crippen molar-refractivity contribution in [3.8, 4) is 0 Å². The molecule has 0 radical (unpaired) electrons. The number of hydrogen-bond acceptors (Lipinski definition) is 3. The lowest BCUT2D eigenvalue weighted by Gasteiger charge is -2.10. The third kappa shape index (κ3) is 2.68. The van der Waals surface area contributed by atoms with Crippen LogP contribution in [0.1, 0.15) is 15.9 Å². The standard InChI is InChI=1S/C13H11BrN2O2/c1-8-4-2-3-5-11(8)16-12-10(14)6-9(7-15-12)13(17)18/h2-7H,1H3,(H,15,16)(H,17,18). The van der Waals surface area contributed by atoms with Crippen molar-refractivity contribution < 1.29 is 9.90 Å². The molecule has 5 heteroatoms. The molecule has 0 saturated carbocycles. The fourth-order valence-electron chi connectivity index (χ4n) is 1.49. The van der Waals surface area contributed by atoms with Crippen LogP contribution in [0.3, 0.4) is 0 Å². The first-order chi connectivity index (χ1) is 8.58. The molecule has 1 heterocycles. The minimum atomic E-state index is -0.995. The average Bonchev–Trinajstić information content (AvgIpc) is 2.34. The number of rotatable bonds is 3. The Hall–Kier alpha value is -1.88. The summed E-state index contributed by atoms with van der Waals surface area (Å²) in [5.41, 5.74) is 2.18. The van der Waals surface area contributed by atoms with E-state index in [2.05, 4.69) is 26.2 Å². The molecule has 0 aliphatic carbocycles. The Kier molecular flexibility index (Phi) is 3.62. The molecule has 1 aromatic carbocycles. The van der Waals surface area contributed by atoms with E-state index in [1.54, 1.807) is 0 Å². The molecule has 18 heavy (non-hydrogen) atoms. The van der Waals surface area contributed by atoms with E-state index in [1.807, 2.05) is 31.2 Å². The lowest BCUT2D eigenvalue weighted by Crippen LogP contribution is -2.01. The predicted octanol–water partition coefficient (Wildman–Crippen LogP) is 3.59. The number of aromatic nitrogens is 1. The molecule has 1 aromatic heterocycles. The highest BCUT2D eigenvalue weighted by molar-refractivity contribution is 9.10. The number of carbonyl (C=O) groups is 1. The molecule has 92 valence electrons. The second-order valence-electron chi connectivity index (χ2n) is 3.80. The monoisotopic (exact) mass is 306 g/mol. The molecular weight excluding hydrogens is 296 g/mol. The molecule has 2 aromatic rings. The normalized spacial score (nSPS) is 10.1. The number of nitrogens with zero attached hydrogens (tertiary/aromatic N) is 1. The van der Waals surface area contributed by atoms with E-state index < -0.39 is 5.97 Å². The number of anilines is 2. The fraction of sp³-hybridized carbons (Fsp3) is 0.0769. The summed E-state index contributed by atoms with van der Waals surface area (Å²) < 4.78 is 0.616. The fourth-order valence-corrected chi connectivity index (χ4v) is 1.94. The van der Waals surface area contributed by atoms with Gasteiger partial charge in [0.2, 0.25) is 0 Å². The summed E-state index contributed by atoms with van der Waals surface area (Å²) >= 11 is 3.31. The van der Waals surface area contributed by atoms with Crippen LogP contribution < -0.4 is 5.32 Å². The number of aryl methyl sites for hydroxylation is 1. The van der Waals surface area contributed by atoms with Crippen molar-refractivity contribution in [2.24, 2.45) is 0 Å². The van der Waals surface area contributed by atoms with Crippen molar-refractivity contribution in [3.63, 3.8) is 0 Å². The molecule has 2 N–H and O–H groups in total. The molecule has 0 aliphatic heterocycles. The smallest absolute Gasteiger partial charge is 0.337 e. The number of hydrogen-bond donors (Lipinski definition) is 2. The van der Waals surface area contributed by atoms with Crippen molar-refractivity contribution >= 4 is 33.4 Å². The van der Waals surface area contributed by atoms with E-state index in [4.69, 9.17) is 5.11 Å². The second-order valence-corrected chi connectivity index (χ2v) is 4.65. The van der Waals surface area contributed by atoms with Crippen LogP contribution in [0.4, 0.5) is 11.5 Å². The van der Waals surface area contributed by atoms with E-state index in [9.17, 15) is 4.79 Å². The highest BCUT2D eigenvalue weighted by atomic mass is 79.9. The van der Waals surface area contributed by atoms with Gasteiger partial charge in [0.1, 0.15) is 5.82 Å². The maximum Gasteiger partial charge on any atom is 0.337 e. The third-order valence-electron chi connectivity index (χ3n) is 2.49. The summed E-state index contributed by atoms with van der Waals surface area (Å²) in [5.74, 6) is -0.403. The predicted molar refractivity (Wildman–Crippen MR) is 73.4 cm³/mol. The van der Waals surface area contributed by atoms with Crippen LogP contribution in [0.2, 0.25) is 0 Å². The number of nitrogens with one attached hydrogen (secondary N) is 1. The van der Waals surface area contributed by atoms with Gasteiger partial charge in [-0.1, -0.05) is 18.2 Å². The van der Waals surface area contributed by atoms with Crippen LogP contribution in [0.25, 0.3) is 0 Å². The van der Waals surface area contributed by atoms with Crippen LogP contribution in [0, 0.1) is 6.92 Å². The van der Waals surface area contributed by atoms with Gasteiger partial charge < -0.3 is 10.4 Å². The van der Waals surface area contributed by atoms with Gasteiger partial charge in [-0.2, -0.15) is 0 Å². The number of carboxylic acids is 1. The summed E-state index contributed by atoms with van der Waals surface area (Å²) in [6, 6.07) is 9.33. The summed E-state index contributed by atoms with van der Waals surface area (Å²) in [7, 11) is 0. The molecule has 0 spiro atoms. The molecular formula is C13H11BrN2O2. The lowest BCUT2D eigenvalue weighted by molar-refractivity contribution is 0.0696. The van der Waals surface area contributed by atoms with Gasteiger partial charge >= 0.3 is 5.97 Å². The Morgan fingerprint density at radius 3 is 2.72 bits per heavy atom. The van der Waals surface area contributed by atoms with Gasteiger partial charge in [0, 0.05) is 11.9 Å². The van der Waals surface area contributed by atoms with Gasteiger partial charge in [0.05, 0.1) is 10.0 Å². The number of pyridine rings is 1. The van der Waals surface area contributed by atoms with Crippen LogP contribution in [0.5, 0.6) is 0 Å². The molecule has 4 nitrogen and oxygen atoms in total. The quantitative estimate of drug-likeness (QED) is 0.909. The van der Waals surface area contributed by atoms with Crippen molar-refractivity contribution in [3.05, 3.63) is 52.1 Å². The van der Waals surface area contributed by atoms with E-state index in [0.717, 1.165) is 11.3 Å². The first kappa shape index (κ1) is 12.6. The van der Waals surface area contributed by atoms with E-state index in [1.165, 1.54) is 12.3 Å². The van der Waals surface area contributed by atoms with Crippen molar-refractivity contribution in [2.75, 3.05) is 5.32 Å². The van der Waals surface area contributed by atoms with Crippen LogP contribution >= 0.6 is 15.9 Å². The Bertz CT molecular complexity index is 599. The van der Waals surface area contributed by atoms with E-state index >= 15 is 0 Å².